The van der Waals surface area contributed by atoms with Gasteiger partial charge in [0.1, 0.15) is 17.6 Å². The number of fused-ring (bicyclic) bond motifs is 4. The van der Waals surface area contributed by atoms with Gasteiger partial charge in [0.2, 0.25) is 27.7 Å². The number of Topliss-reactive ketones (excluding diaryl/α,β-unsaturated/α-hetero) is 1. The Labute approximate surface area is 322 Å². The van der Waals surface area contributed by atoms with Crippen LogP contribution in [0.3, 0.4) is 0 Å². The lowest BCUT2D eigenvalue weighted by Gasteiger charge is -2.29. The van der Waals surface area contributed by atoms with Gasteiger partial charge in [0.25, 0.3) is 0 Å². The molecule has 7 rings (SSSR count). The fraction of sp³-hybridized carbons (Fsp3) is 0.585. The third-order valence-corrected chi connectivity index (χ3v) is 13.5. The topological polar surface area (TPSA) is 167 Å². The fourth-order valence-electron chi connectivity index (χ4n) is 8.25. The molecule has 55 heavy (non-hydrogen) atoms. The molecule has 3 fully saturated rings. The maximum Gasteiger partial charge on any atom is 0.306 e. The number of cyclic esters (lactones) is 1. The van der Waals surface area contributed by atoms with Crippen molar-refractivity contribution in [2.45, 2.75) is 107 Å². The van der Waals surface area contributed by atoms with Crippen LogP contribution >= 0.6 is 0 Å². The number of ketones is 1. The molecule has 4 heterocycles. The van der Waals surface area contributed by atoms with E-state index in [-0.39, 0.29) is 50.0 Å². The largest absolute Gasteiger partial charge is 0.496 e. The van der Waals surface area contributed by atoms with Gasteiger partial charge in [-0.3, -0.25) is 23.9 Å². The Morgan fingerprint density at radius 1 is 0.982 bits per heavy atom. The number of hydrogen-bond acceptors (Lipinski definition) is 11. The quantitative estimate of drug-likeness (QED) is 0.303. The highest BCUT2D eigenvalue weighted by molar-refractivity contribution is 7.90. The first-order chi connectivity index (χ1) is 26.5. The summed E-state index contributed by atoms with van der Waals surface area (Å²) in [5.74, 6) is -1.43. The van der Waals surface area contributed by atoms with E-state index in [1.165, 1.54) is 12.0 Å². The van der Waals surface area contributed by atoms with Gasteiger partial charge in [-0.2, -0.15) is 0 Å². The second kappa shape index (κ2) is 16.3. The molecule has 1 aromatic heterocycles. The van der Waals surface area contributed by atoms with Crippen LogP contribution in [-0.2, 0) is 33.9 Å². The van der Waals surface area contributed by atoms with Crippen LogP contribution in [0.25, 0.3) is 17.0 Å². The van der Waals surface area contributed by atoms with E-state index in [9.17, 15) is 27.6 Å². The van der Waals surface area contributed by atoms with E-state index in [0.29, 0.717) is 66.8 Å². The normalized spacial score (nSPS) is 29.3. The maximum atomic E-state index is 14.6. The lowest BCUT2D eigenvalue weighted by atomic mass is 9.90. The summed E-state index contributed by atoms with van der Waals surface area (Å²) in [5.41, 5.74) is 0.144. The number of amides is 2. The predicted molar refractivity (Wildman–Crippen MR) is 204 cm³/mol. The lowest BCUT2D eigenvalue weighted by molar-refractivity contribution is -0.150. The molecule has 1 saturated heterocycles. The summed E-state index contributed by atoms with van der Waals surface area (Å²) >= 11 is 0. The molecule has 0 spiro atoms. The van der Waals surface area contributed by atoms with Crippen LogP contribution in [0.5, 0.6) is 17.4 Å². The molecule has 5 atom stereocenters. The van der Waals surface area contributed by atoms with Crippen LogP contribution in [0.4, 0.5) is 0 Å². The molecule has 1 aromatic carbocycles. The van der Waals surface area contributed by atoms with Crippen molar-refractivity contribution in [3.05, 3.63) is 42.0 Å². The van der Waals surface area contributed by atoms with E-state index in [4.69, 9.17) is 18.9 Å². The Kier molecular flexibility index (Phi) is 11.5. The molecule has 5 aliphatic rings. The van der Waals surface area contributed by atoms with Gasteiger partial charge in [0.05, 0.1) is 56.0 Å². The maximum absolute atomic E-state index is 14.6. The van der Waals surface area contributed by atoms with Gasteiger partial charge in [-0.15, -0.1) is 0 Å². The number of benzene rings is 1. The minimum atomic E-state index is -3.85. The monoisotopic (exact) mass is 777 g/mol. The summed E-state index contributed by atoms with van der Waals surface area (Å²) in [6.45, 7) is 0.299. The number of rotatable bonds is 5. The number of pyridine rings is 1. The summed E-state index contributed by atoms with van der Waals surface area (Å²) in [6.07, 6.45) is 14.2. The van der Waals surface area contributed by atoms with Gasteiger partial charge < -0.3 is 23.8 Å². The molecule has 0 unspecified atom stereocenters. The molecule has 0 radical (unpaired) electrons. The van der Waals surface area contributed by atoms with Crippen molar-refractivity contribution >= 4 is 50.6 Å². The molecule has 2 amide bonds. The SMILES string of the molecule is COc1cc2c3cc(c(OC)cc3n1)/C=C/CCCCOC(=O)C[C@H]1CCCCC/C=C\[C@@H]3C[C@@]3(C(=O)NS(=O)(=O)C3CC3)CC(=O)[C@@H]3C[C@H](CN3C1=O)O2. The molecule has 2 saturated carbocycles. The number of esters is 1. The van der Waals surface area contributed by atoms with Gasteiger partial charge in [0, 0.05) is 41.8 Å². The molecular formula is C41H51N3O10S. The first-order valence-electron chi connectivity index (χ1n) is 19.6. The highest BCUT2D eigenvalue weighted by Gasteiger charge is 2.61. The van der Waals surface area contributed by atoms with Gasteiger partial charge in [-0.1, -0.05) is 37.1 Å². The van der Waals surface area contributed by atoms with Gasteiger partial charge >= 0.3 is 5.97 Å². The number of aromatic nitrogens is 1. The van der Waals surface area contributed by atoms with Crippen molar-refractivity contribution in [1.82, 2.24) is 14.6 Å². The number of ether oxygens (including phenoxy) is 4. The van der Waals surface area contributed by atoms with E-state index in [0.717, 1.165) is 37.7 Å². The van der Waals surface area contributed by atoms with E-state index in [1.54, 1.807) is 13.2 Å². The number of methoxy groups -OCH3 is 2. The summed E-state index contributed by atoms with van der Waals surface area (Å²) in [5, 5.41) is 0.0974. The number of carbonyl (C=O) groups excluding carboxylic acids is 4. The Hall–Kier alpha value is -4.46. The van der Waals surface area contributed by atoms with Crippen LogP contribution in [0.2, 0.25) is 0 Å². The number of sulfonamides is 1. The Balaban J connectivity index is 1.26. The van der Waals surface area contributed by atoms with Crippen LogP contribution < -0.4 is 18.9 Å². The first kappa shape index (κ1) is 38.8. The average Bonchev–Trinajstić information content (AvgIpc) is 4.09. The van der Waals surface area contributed by atoms with Crippen molar-refractivity contribution in [3.63, 3.8) is 0 Å². The van der Waals surface area contributed by atoms with Crippen LogP contribution in [0.15, 0.2) is 36.4 Å². The number of allylic oxidation sites excluding steroid dienone is 3. The van der Waals surface area contributed by atoms with Crippen LogP contribution in [-0.4, -0.2) is 86.6 Å². The Morgan fingerprint density at radius 2 is 1.78 bits per heavy atom. The minimum Gasteiger partial charge on any atom is -0.496 e. The minimum absolute atomic E-state index is 0.0639. The Bertz CT molecular complexity index is 1990. The third kappa shape index (κ3) is 8.69. The van der Waals surface area contributed by atoms with E-state index >= 15 is 0 Å². The molecule has 1 N–H and O–H groups in total. The number of nitrogens with zero attached hydrogens (tertiary/aromatic N) is 2. The first-order valence-corrected chi connectivity index (χ1v) is 21.2. The predicted octanol–water partition coefficient (Wildman–Crippen LogP) is 5.44. The van der Waals surface area contributed by atoms with E-state index < -0.39 is 50.6 Å². The second-order valence-corrected chi connectivity index (χ2v) is 17.6. The van der Waals surface area contributed by atoms with Crippen LogP contribution in [0, 0.1) is 17.3 Å². The second-order valence-electron chi connectivity index (χ2n) is 15.6. The summed E-state index contributed by atoms with van der Waals surface area (Å²) in [6, 6.07) is 4.47. The van der Waals surface area contributed by atoms with Crippen molar-refractivity contribution in [2.24, 2.45) is 17.3 Å². The summed E-state index contributed by atoms with van der Waals surface area (Å²) in [4.78, 5) is 62.3. The standard InChI is InChI=1S/C41H51N3O10S/c1-51-35-21-32-31-18-26(35)12-8-6-7-11-17-53-38(46)19-27-13-9-4-3-5-10-14-28-23-41(28,40(48)43-55(49,50)30-15-16-30)24-34(45)33-20-29(25-44(33)39(27)47)54-36(31)22-37(42-32)52-2/h8,10,12,14,18,21-22,27-30,33H,3-7,9,11,13,15-17,19-20,23-25H2,1-2H3,(H,43,48)/b12-8+,14-10-/t27-,28-,29-,33+,41-/m1/s1. The zero-order valence-corrected chi connectivity index (χ0v) is 32.4. The van der Waals surface area contributed by atoms with Crippen LogP contribution in [0.1, 0.15) is 95.5 Å². The molecule has 2 aliphatic carbocycles. The molecule has 5 bridgehead atoms. The number of carbonyl (C=O) groups is 4. The van der Waals surface area contributed by atoms with Gasteiger partial charge in [0.15, 0.2) is 5.78 Å². The molecule has 13 nitrogen and oxygen atoms in total. The van der Waals surface area contributed by atoms with Gasteiger partial charge in [-0.25, -0.2) is 13.4 Å². The molecule has 2 aromatic rings. The lowest BCUT2D eigenvalue weighted by Crippen LogP contribution is -2.46. The fourth-order valence-corrected chi connectivity index (χ4v) is 9.63. The van der Waals surface area contributed by atoms with Crippen molar-refractivity contribution in [2.75, 3.05) is 27.4 Å². The van der Waals surface area contributed by atoms with Crippen molar-refractivity contribution in [3.8, 4) is 17.4 Å². The number of hydrogen-bond donors (Lipinski definition) is 1. The molecule has 3 aliphatic heterocycles. The smallest absolute Gasteiger partial charge is 0.306 e. The highest BCUT2D eigenvalue weighted by atomic mass is 32.2. The molecule has 296 valence electrons. The Morgan fingerprint density at radius 3 is 2.56 bits per heavy atom. The number of nitrogens with one attached hydrogen (secondary N) is 1. The molecular weight excluding hydrogens is 727 g/mol. The highest BCUT2D eigenvalue weighted by Crippen LogP contribution is 2.57. The zero-order chi connectivity index (χ0) is 38.7. The third-order valence-electron chi connectivity index (χ3n) is 11.7. The van der Waals surface area contributed by atoms with E-state index in [2.05, 4.69) is 9.71 Å². The van der Waals surface area contributed by atoms with E-state index in [1.807, 2.05) is 36.4 Å². The molecule has 14 heteroatoms. The zero-order valence-electron chi connectivity index (χ0n) is 31.6. The average molecular weight is 778 g/mol. The van der Waals surface area contributed by atoms with Crippen molar-refractivity contribution in [1.29, 1.82) is 0 Å². The summed E-state index contributed by atoms with van der Waals surface area (Å²) in [7, 11) is -0.748. The van der Waals surface area contributed by atoms with Gasteiger partial charge in [-0.05, 0) is 69.8 Å². The summed E-state index contributed by atoms with van der Waals surface area (Å²) < 4.78 is 51.6. The van der Waals surface area contributed by atoms with Crippen molar-refractivity contribution < 1.29 is 46.5 Å².